The molecule has 1 unspecified atom stereocenters. The summed E-state index contributed by atoms with van der Waals surface area (Å²) in [5.41, 5.74) is 2.06. The van der Waals surface area contributed by atoms with Crippen LogP contribution in [0.25, 0.3) is 10.9 Å². The zero-order chi connectivity index (χ0) is 18.3. The minimum atomic E-state index is -0.867. The summed E-state index contributed by atoms with van der Waals surface area (Å²) in [5, 5.41) is 2.44. The standard InChI is InChI=1S/C19H14F2N2O2S/c20-14-5-1-4-12(17(14)21)10-23-8-7-13-11(3-2-6-15(13)23)9-16-18(24)22-19(25)26-16/h1-8,16H,9-10H2,(H,22,24,25). The molecule has 4 rings (SSSR count). The van der Waals surface area contributed by atoms with Gasteiger partial charge in [0.25, 0.3) is 5.24 Å². The lowest BCUT2D eigenvalue weighted by Crippen LogP contribution is -2.25. The summed E-state index contributed by atoms with van der Waals surface area (Å²) in [7, 11) is 0. The Morgan fingerprint density at radius 2 is 1.81 bits per heavy atom. The van der Waals surface area contributed by atoms with E-state index in [4.69, 9.17) is 0 Å². The third-order valence-electron chi connectivity index (χ3n) is 4.45. The monoisotopic (exact) mass is 372 g/mol. The highest BCUT2D eigenvalue weighted by atomic mass is 32.2. The number of fused-ring (bicyclic) bond motifs is 1. The van der Waals surface area contributed by atoms with Gasteiger partial charge in [0.05, 0.1) is 11.8 Å². The summed E-state index contributed by atoms with van der Waals surface area (Å²) in [5.74, 6) is -1.99. The van der Waals surface area contributed by atoms with E-state index < -0.39 is 16.9 Å². The summed E-state index contributed by atoms with van der Waals surface area (Å²) < 4.78 is 29.2. The van der Waals surface area contributed by atoms with E-state index in [0.29, 0.717) is 6.42 Å². The molecule has 1 aliphatic heterocycles. The van der Waals surface area contributed by atoms with Crippen molar-refractivity contribution in [2.45, 2.75) is 18.2 Å². The highest BCUT2D eigenvalue weighted by Crippen LogP contribution is 2.28. The van der Waals surface area contributed by atoms with Gasteiger partial charge < -0.3 is 4.57 Å². The number of hydrogen-bond acceptors (Lipinski definition) is 3. The van der Waals surface area contributed by atoms with Crippen molar-refractivity contribution in [3.05, 3.63) is 71.4 Å². The molecule has 2 heterocycles. The molecule has 0 aliphatic carbocycles. The van der Waals surface area contributed by atoms with Crippen molar-refractivity contribution in [2.75, 3.05) is 0 Å². The van der Waals surface area contributed by atoms with Gasteiger partial charge in [0.1, 0.15) is 0 Å². The molecule has 1 aromatic heterocycles. The summed E-state index contributed by atoms with van der Waals surface area (Å²) in [6, 6.07) is 11.7. The largest absolute Gasteiger partial charge is 0.343 e. The lowest BCUT2D eigenvalue weighted by atomic mass is 10.0. The number of aromatic nitrogens is 1. The Morgan fingerprint density at radius 1 is 1.04 bits per heavy atom. The lowest BCUT2D eigenvalue weighted by molar-refractivity contribution is -0.118. The van der Waals surface area contributed by atoms with E-state index in [9.17, 15) is 18.4 Å². The van der Waals surface area contributed by atoms with Crippen molar-refractivity contribution >= 4 is 33.8 Å². The maximum Gasteiger partial charge on any atom is 0.286 e. The van der Waals surface area contributed by atoms with Gasteiger partial charge in [-0.3, -0.25) is 14.9 Å². The molecule has 1 fully saturated rings. The van der Waals surface area contributed by atoms with Crippen molar-refractivity contribution in [1.29, 1.82) is 0 Å². The average Bonchev–Trinajstić information content (AvgIpc) is 3.16. The van der Waals surface area contributed by atoms with Crippen molar-refractivity contribution in [3.8, 4) is 0 Å². The van der Waals surface area contributed by atoms with Crippen LogP contribution in [-0.4, -0.2) is 21.0 Å². The van der Waals surface area contributed by atoms with E-state index in [1.807, 2.05) is 35.0 Å². The number of amides is 2. The third-order valence-corrected chi connectivity index (χ3v) is 5.43. The van der Waals surface area contributed by atoms with Crippen molar-refractivity contribution in [1.82, 2.24) is 9.88 Å². The number of hydrogen-bond donors (Lipinski definition) is 1. The fraction of sp³-hybridized carbons (Fsp3) is 0.158. The number of imide groups is 1. The van der Waals surface area contributed by atoms with E-state index in [1.165, 1.54) is 6.07 Å². The summed E-state index contributed by atoms with van der Waals surface area (Å²) in [4.78, 5) is 23.2. The number of nitrogens with one attached hydrogen (secondary N) is 1. The van der Waals surface area contributed by atoms with Gasteiger partial charge in [0.2, 0.25) is 5.91 Å². The topological polar surface area (TPSA) is 51.1 Å². The second-order valence-electron chi connectivity index (χ2n) is 6.09. The Morgan fingerprint density at radius 3 is 2.58 bits per heavy atom. The highest BCUT2D eigenvalue weighted by molar-refractivity contribution is 8.15. The number of rotatable bonds is 4. The summed E-state index contributed by atoms with van der Waals surface area (Å²) in [6.45, 7) is 0.202. The van der Waals surface area contributed by atoms with Gasteiger partial charge >= 0.3 is 0 Å². The Kier molecular flexibility index (Phi) is 4.24. The molecule has 1 N–H and O–H groups in total. The molecule has 1 atom stereocenters. The molecule has 2 amide bonds. The van der Waals surface area contributed by atoms with E-state index >= 15 is 0 Å². The molecule has 0 saturated carbocycles. The second-order valence-corrected chi connectivity index (χ2v) is 7.27. The first-order valence-corrected chi connectivity index (χ1v) is 8.92. The van der Waals surface area contributed by atoms with Crippen LogP contribution >= 0.6 is 11.8 Å². The molecule has 0 radical (unpaired) electrons. The molecule has 2 aromatic carbocycles. The Balaban J connectivity index is 1.66. The van der Waals surface area contributed by atoms with Crippen LogP contribution in [0.4, 0.5) is 13.6 Å². The average molecular weight is 372 g/mol. The SMILES string of the molecule is O=C1NC(=O)C(Cc2cccc3c2ccn3Cc2cccc(F)c2F)S1. The highest BCUT2D eigenvalue weighted by Gasteiger charge is 2.31. The smallest absolute Gasteiger partial charge is 0.286 e. The van der Waals surface area contributed by atoms with E-state index in [1.54, 1.807) is 6.07 Å². The van der Waals surface area contributed by atoms with E-state index in [0.717, 1.165) is 34.3 Å². The van der Waals surface area contributed by atoms with Gasteiger partial charge in [-0.25, -0.2) is 8.78 Å². The first-order chi connectivity index (χ1) is 12.5. The molecule has 0 bridgehead atoms. The van der Waals surface area contributed by atoms with Gasteiger partial charge in [-0.1, -0.05) is 36.0 Å². The van der Waals surface area contributed by atoms with Gasteiger partial charge in [-0.2, -0.15) is 0 Å². The van der Waals surface area contributed by atoms with Crippen LogP contribution in [0.1, 0.15) is 11.1 Å². The van der Waals surface area contributed by atoms with Gasteiger partial charge in [0.15, 0.2) is 11.6 Å². The zero-order valence-electron chi connectivity index (χ0n) is 13.5. The Bertz CT molecular complexity index is 1030. The molecule has 7 heteroatoms. The van der Waals surface area contributed by atoms with Crippen LogP contribution < -0.4 is 5.32 Å². The molecule has 1 aliphatic rings. The van der Waals surface area contributed by atoms with Crippen molar-refractivity contribution in [2.24, 2.45) is 0 Å². The van der Waals surface area contributed by atoms with Crippen LogP contribution in [0.2, 0.25) is 0 Å². The van der Waals surface area contributed by atoms with Crippen LogP contribution in [0.3, 0.4) is 0 Å². The molecular formula is C19H14F2N2O2S. The zero-order valence-corrected chi connectivity index (χ0v) is 14.4. The number of carbonyl (C=O) groups is 2. The quantitative estimate of drug-likeness (QED) is 0.757. The molecule has 1 saturated heterocycles. The normalized spacial score (nSPS) is 17.1. The fourth-order valence-electron chi connectivity index (χ4n) is 3.18. The molecule has 26 heavy (non-hydrogen) atoms. The van der Waals surface area contributed by atoms with E-state index in [-0.39, 0.29) is 23.3 Å². The summed E-state index contributed by atoms with van der Waals surface area (Å²) >= 11 is 0.992. The van der Waals surface area contributed by atoms with Crippen LogP contribution in [0.5, 0.6) is 0 Å². The van der Waals surface area contributed by atoms with Crippen molar-refractivity contribution < 1.29 is 18.4 Å². The summed E-state index contributed by atoms with van der Waals surface area (Å²) in [6.07, 6.45) is 2.24. The van der Waals surface area contributed by atoms with Crippen LogP contribution in [0, 0.1) is 11.6 Å². The number of nitrogens with zero attached hydrogens (tertiary/aromatic N) is 1. The molecule has 132 valence electrons. The van der Waals surface area contributed by atoms with Gasteiger partial charge in [0, 0.05) is 22.7 Å². The lowest BCUT2D eigenvalue weighted by Gasteiger charge is -2.10. The number of benzene rings is 2. The molecular weight excluding hydrogens is 358 g/mol. The molecule has 4 nitrogen and oxygen atoms in total. The Labute approximate surface area is 152 Å². The number of carbonyl (C=O) groups excluding carboxylic acids is 2. The molecule has 3 aromatic rings. The first kappa shape index (κ1) is 16.8. The molecule has 0 spiro atoms. The van der Waals surface area contributed by atoms with Crippen molar-refractivity contribution in [3.63, 3.8) is 0 Å². The number of thioether (sulfide) groups is 1. The predicted molar refractivity (Wildman–Crippen MR) is 96.0 cm³/mol. The van der Waals surface area contributed by atoms with Crippen LogP contribution in [-0.2, 0) is 17.8 Å². The van der Waals surface area contributed by atoms with Gasteiger partial charge in [-0.15, -0.1) is 0 Å². The fourth-order valence-corrected chi connectivity index (χ4v) is 4.03. The minimum absolute atomic E-state index is 0.202. The van der Waals surface area contributed by atoms with E-state index in [2.05, 4.69) is 5.32 Å². The predicted octanol–water partition coefficient (Wildman–Crippen LogP) is 3.86. The third kappa shape index (κ3) is 2.99. The maximum atomic E-state index is 14.0. The Hall–Kier alpha value is -2.67. The minimum Gasteiger partial charge on any atom is -0.343 e. The first-order valence-electron chi connectivity index (χ1n) is 8.04. The van der Waals surface area contributed by atoms with Crippen LogP contribution in [0.15, 0.2) is 48.7 Å². The number of halogens is 2. The maximum absolute atomic E-state index is 14.0. The van der Waals surface area contributed by atoms with Gasteiger partial charge in [-0.05, 0) is 30.2 Å². The second kappa shape index (κ2) is 6.57.